The van der Waals surface area contributed by atoms with E-state index in [9.17, 15) is 13.6 Å². The summed E-state index contributed by atoms with van der Waals surface area (Å²) in [6.07, 6.45) is 2.40. The van der Waals surface area contributed by atoms with Gasteiger partial charge in [-0.2, -0.15) is 0 Å². The molecule has 4 rings (SSSR count). The van der Waals surface area contributed by atoms with Gasteiger partial charge in [-0.25, -0.2) is 18.7 Å². The van der Waals surface area contributed by atoms with Crippen molar-refractivity contribution in [3.05, 3.63) is 83.2 Å². The molecule has 1 amide bonds. The highest BCUT2D eigenvalue weighted by atomic mass is 19.2. The first-order valence-electron chi connectivity index (χ1n) is 8.51. The van der Waals surface area contributed by atoms with Crippen molar-refractivity contribution in [2.24, 2.45) is 0 Å². The molecule has 0 unspecified atom stereocenters. The second-order valence-corrected chi connectivity index (χ2v) is 6.27. The van der Waals surface area contributed by atoms with Crippen molar-refractivity contribution in [3.8, 4) is 0 Å². The van der Waals surface area contributed by atoms with Gasteiger partial charge in [-0.3, -0.25) is 4.79 Å². The second-order valence-electron chi connectivity index (χ2n) is 6.27. The first-order valence-corrected chi connectivity index (χ1v) is 8.51. The van der Waals surface area contributed by atoms with E-state index in [1.165, 1.54) is 29.5 Å². The van der Waals surface area contributed by atoms with Crippen molar-refractivity contribution < 1.29 is 13.6 Å². The zero-order valence-corrected chi connectivity index (χ0v) is 14.3. The van der Waals surface area contributed by atoms with E-state index in [0.717, 1.165) is 25.1 Å². The zero-order valence-electron chi connectivity index (χ0n) is 14.3. The normalized spacial score (nSPS) is 13.2. The van der Waals surface area contributed by atoms with Crippen LogP contribution in [0.3, 0.4) is 0 Å². The largest absolute Gasteiger partial charge is 0.336 e. The molecule has 27 heavy (non-hydrogen) atoms. The molecule has 136 valence electrons. The number of aromatic nitrogens is 2. The Morgan fingerprint density at radius 3 is 2.67 bits per heavy atom. The molecule has 5 nitrogen and oxygen atoms in total. The average molecular weight is 366 g/mol. The van der Waals surface area contributed by atoms with Crippen LogP contribution in [-0.2, 0) is 13.0 Å². The van der Waals surface area contributed by atoms with Gasteiger partial charge < -0.3 is 10.2 Å². The van der Waals surface area contributed by atoms with E-state index in [4.69, 9.17) is 0 Å². The lowest BCUT2D eigenvalue weighted by molar-refractivity contribution is 0.102. The highest BCUT2D eigenvalue weighted by Gasteiger charge is 2.19. The van der Waals surface area contributed by atoms with Crippen LogP contribution in [0.5, 0.6) is 0 Å². The minimum absolute atomic E-state index is 0.156. The third-order valence-corrected chi connectivity index (χ3v) is 4.47. The first kappa shape index (κ1) is 17.1. The van der Waals surface area contributed by atoms with Gasteiger partial charge in [0.25, 0.3) is 5.91 Å². The zero-order chi connectivity index (χ0) is 18.8. The topological polar surface area (TPSA) is 58.1 Å². The number of hydrogen-bond donors (Lipinski definition) is 1. The molecule has 0 radical (unpaired) electrons. The molecule has 0 bridgehead atoms. The molecular weight excluding hydrogens is 350 g/mol. The molecule has 0 saturated heterocycles. The number of carbonyl (C=O) groups is 1. The molecule has 2 aromatic carbocycles. The molecule has 1 aliphatic rings. The summed E-state index contributed by atoms with van der Waals surface area (Å²) in [7, 11) is 0. The number of nitrogens with zero attached hydrogens (tertiary/aromatic N) is 3. The maximum absolute atomic E-state index is 13.3. The van der Waals surface area contributed by atoms with Gasteiger partial charge in [-0.05, 0) is 35.7 Å². The van der Waals surface area contributed by atoms with Crippen LogP contribution in [-0.4, -0.2) is 22.4 Å². The van der Waals surface area contributed by atoms with Crippen LogP contribution >= 0.6 is 0 Å². The third-order valence-electron chi connectivity index (χ3n) is 4.47. The van der Waals surface area contributed by atoms with Gasteiger partial charge in [0.1, 0.15) is 5.69 Å². The average Bonchev–Trinajstić information content (AvgIpc) is 2.70. The van der Waals surface area contributed by atoms with Gasteiger partial charge in [-0.1, -0.05) is 24.3 Å². The Morgan fingerprint density at radius 1 is 1.04 bits per heavy atom. The van der Waals surface area contributed by atoms with E-state index in [1.807, 2.05) is 17.0 Å². The molecular formula is C20H16F2N4O. The van der Waals surface area contributed by atoms with E-state index >= 15 is 0 Å². The Morgan fingerprint density at radius 2 is 1.85 bits per heavy atom. The lowest BCUT2D eigenvalue weighted by atomic mass is 10.0. The monoisotopic (exact) mass is 366 g/mol. The molecule has 3 aromatic rings. The summed E-state index contributed by atoms with van der Waals surface area (Å²) < 4.78 is 26.3. The maximum Gasteiger partial charge on any atom is 0.274 e. The Bertz CT molecular complexity index is 1010. The summed E-state index contributed by atoms with van der Waals surface area (Å²) in [5.74, 6) is -2.05. The fourth-order valence-corrected chi connectivity index (χ4v) is 3.06. The van der Waals surface area contributed by atoms with Crippen molar-refractivity contribution in [1.82, 2.24) is 9.97 Å². The summed E-state index contributed by atoms with van der Waals surface area (Å²) in [5, 5.41) is 2.52. The fraction of sp³-hybridized carbons (Fsp3) is 0.150. The SMILES string of the molecule is O=C(Nc1ccc(F)c(F)c1)c1ccnc(N2CCc3ccccc3C2)n1. The number of nitrogens with one attached hydrogen (secondary N) is 1. The summed E-state index contributed by atoms with van der Waals surface area (Å²) >= 11 is 0. The minimum Gasteiger partial charge on any atom is -0.336 e. The smallest absolute Gasteiger partial charge is 0.274 e. The van der Waals surface area contributed by atoms with Crippen molar-refractivity contribution in [2.75, 3.05) is 16.8 Å². The Kier molecular flexibility index (Phi) is 4.50. The lowest BCUT2D eigenvalue weighted by Crippen LogP contribution is -2.32. The highest BCUT2D eigenvalue weighted by molar-refractivity contribution is 6.02. The predicted molar refractivity (Wildman–Crippen MR) is 97.5 cm³/mol. The molecule has 1 aromatic heterocycles. The molecule has 0 saturated carbocycles. The van der Waals surface area contributed by atoms with Crippen molar-refractivity contribution in [2.45, 2.75) is 13.0 Å². The Labute approximate surface area is 154 Å². The fourth-order valence-electron chi connectivity index (χ4n) is 3.06. The van der Waals surface area contributed by atoms with Gasteiger partial charge in [0.15, 0.2) is 11.6 Å². The number of anilines is 2. The van der Waals surface area contributed by atoms with Crippen LogP contribution in [0.25, 0.3) is 0 Å². The maximum atomic E-state index is 13.3. The van der Waals surface area contributed by atoms with E-state index in [2.05, 4.69) is 27.4 Å². The second kappa shape index (κ2) is 7.11. The highest BCUT2D eigenvalue weighted by Crippen LogP contribution is 2.22. The lowest BCUT2D eigenvalue weighted by Gasteiger charge is -2.28. The number of halogens is 2. The summed E-state index contributed by atoms with van der Waals surface area (Å²) in [4.78, 5) is 23.0. The molecule has 0 fully saturated rings. The van der Waals surface area contributed by atoms with E-state index in [1.54, 1.807) is 0 Å². The van der Waals surface area contributed by atoms with Crippen LogP contribution in [0.2, 0.25) is 0 Å². The number of hydrogen-bond acceptors (Lipinski definition) is 4. The quantitative estimate of drug-likeness (QED) is 0.770. The van der Waals surface area contributed by atoms with Crippen LogP contribution in [0.15, 0.2) is 54.7 Å². The van der Waals surface area contributed by atoms with Gasteiger partial charge in [0.05, 0.1) is 0 Å². The Hall–Kier alpha value is -3.35. The molecule has 0 spiro atoms. The minimum atomic E-state index is -1.02. The van der Waals surface area contributed by atoms with Crippen molar-refractivity contribution in [3.63, 3.8) is 0 Å². The van der Waals surface area contributed by atoms with Crippen molar-refractivity contribution in [1.29, 1.82) is 0 Å². The van der Waals surface area contributed by atoms with Crippen LogP contribution in [0, 0.1) is 11.6 Å². The molecule has 1 aliphatic heterocycles. The predicted octanol–water partition coefficient (Wildman–Crippen LogP) is 3.57. The number of fused-ring (bicyclic) bond motifs is 1. The Balaban J connectivity index is 1.52. The first-order chi connectivity index (χ1) is 13.1. The standard InChI is InChI=1S/C20H16F2N4O/c21-16-6-5-15(11-17(16)22)24-19(27)18-7-9-23-20(25-18)26-10-8-13-3-1-2-4-14(13)12-26/h1-7,9,11H,8,10,12H2,(H,24,27). The van der Waals surface area contributed by atoms with E-state index < -0.39 is 17.5 Å². The molecule has 2 heterocycles. The van der Waals surface area contributed by atoms with E-state index in [0.29, 0.717) is 12.5 Å². The number of benzene rings is 2. The summed E-state index contributed by atoms with van der Waals surface area (Å²) in [5.41, 5.74) is 2.83. The van der Waals surface area contributed by atoms with Gasteiger partial charge in [0, 0.05) is 31.0 Å². The summed E-state index contributed by atoms with van der Waals surface area (Å²) in [6.45, 7) is 1.43. The van der Waals surface area contributed by atoms with Gasteiger partial charge in [-0.15, -0.1) is 0 Å². The number of carbonyl (C=O) groups excluding carboxylic acids is 1. The number of amides is 1. The van der Waals surface area contributed by atoms with Crippen molar-refractivity contribution >= 4 is 17.5 Å². The number of rotatable bonds is 3. The third kappa shape index (κ3) is 3.62. The van der Waals surface area contributed by atoms with Crippen LogP contribution < -0.4 is 10.2 Å². The molecule has 0 atom stereocenters. The van der Waals surface area contributed by atoms with Crippen LogP contribution in [0.1, 0.15) is 21.6 Å². The molecule has 7 heteroatoms. The van der Waals surface area contributed by atoms with Gasteiger partial charge >= 0.3 is 0 Å². The molecule has 1 N–H and O–H groups in total. The van der Waals surface area contributed by atoms with E-state index in [-0.39, 0.29) is 11.4 Å². The summed E-state index contributed by atoms with van der Waals surface area (Å²) in [6, 6.07) is 12.9. The van der Waals surface area contributed by atoms with Crippen LogP contribution in [0.4, 0.5) is 20.4 Å². The van der Waals surface area contributed by atoms with Gasteiger partial charge in [0.2, 0.25) is 5.95 Å². The molecule has 0 aliphatic carbocycles.